The van der Waals surface area contributed by atoms with Crippen LogP contribution in [0.25, 0.3) is 0 Å². The van der Waals surface area contributed by atoms with Crippen LogP contribution in [0.2, 0.25) is 5.02 Å². The Kier molecular flexibility index (Phi) is 8.28. The second-order valence-electron chi connectivity index (χ2n) is 7.45. The number of aryl methyl sites for hydroxylation is 2. The van der Waals surface area contributed by atoms with Gasteiger partial charge in [0.2, 0.25) is 5.91 Å². The van der Waals surface area contributed by atoms with Crippen molar-refractivity contribution >= 4 is 23.7 Å². The van der Waals surface area contributed by atoms with Crippen LogP contribution >= 0.6 is 11.6 Å². The van der Waals surface area contributed by atoms with E-state index >= 15 is 0 Å². The van der Waals surface area contributed by atoms with Crippen molar-refractivity contribution in [3.05, 3.63) is 93.5 Å². The third-order valence-corrected chi connectivity index (χ3v) is 5.09. The van der Waals surface area contributed by atoms with Crippen molar-refractivity contribution in [2.75, 3.05) is 6.61 Å². The van der Waals surface area contributed by atoms with E-state index in [1.165, 1.54) is 0 Å². The predicted octanol–water partition coefficient (Wildman–Crippen LogP) is 5.63. The molecule has 0 unspecified atom stereocenters. The molecule has 166 valence electrons. The highest BCUT2D eigenvalue weighted by molar-refractivity contribution is 6.30. The average molecular weight is 451 g/mol. The zero-order valence-electron chi connectivity index (χ0n) is 18.5. The molecule has 0 aliphatic rings. The fourth-order valence-electron chi connectivity index (χ4n) is 3.12. The Morgan fingerprint density at radius 3 is 2.53 bits per heavy atom. The van der Waals surface area contributed by atoms with Crippen LogP contribution in [0.15, 0.2) is 65.8 Å². The average Bonchev–Trinajstić information content (AvgIpc) is 2.77. The lowest BCUT2D eigenvalue weighted by Crippen LogP contribution is -2.20. The first-order valence-corrected chi connectivity index (χ1v) is 10.8. The number of benzene rings is 3. The quantitative estimate of drug-likeness (QED) is 0.339. The van der Waals surface area contributed by atoms with E-state index < -0.39 is 0 Å². The Labute approximate surface area is 194 Å². The van der Waals surface area contributed by atoms with Crippen molar-refractivity contribution in [1.82, 2.24) is 5.43 Å². The van der Waals surface area contributed by atoms with Crippen molar-refractivity contribution < 1.29 is 14.3 Å². The van der Waals surface area contributed by atoms with Gasteiger partial charge in [-0.2, -0.15) is 5.10 Å². The topological polar surface area (TPSA) is 59.9 Å². The molecule has 6 heteroatoms. The number of hydrogen-bond donors (Lipinski definition) is 1. The van der Waals surface area contributed by atoms with Crippen LogP contribution in [0.4, 0.5) is 0 Å². The van der Waals surface area contributed by atoms with Gasteiger partial charge < -0.3 is 9.47 Å². The standard InChI is InChI=1S/C26H27ClN2O3/c1-4-31-25-14-21(9-12-24(25)32-17-20-7-10-23(27)11-8-20)16-28-29-26(30)15-22-13-18(2)5-6-19(22)3/h5-14,16H,4,15,17H2,1-3H3,(H,29,30)/b28-16+. The first kappa shape index (κ1) is 23.4. The monoisotopic (exact) mass is 450 g/mol. The minimum Gasteiger partial charge on any atom is -0.490 e. The van der Waals surface area contributed by atoms with Crippen LogP contribution in [0.3, 0.4) is 0 Å². The molecule has 0 saturated carbocycles. The van der Waals surface area contributed by atoms with Crippen LogP contribution in [0.1, 0.15) is 34.7 Å². The summed E-state index contributed by atoms with van der Waals surface area (Å²) in [5.41, 5.74) is 7.61. The van der Waals surface area contributed by atoms with Crippen LogP contribution in [0.5, 0.6) is 11.5 Å². The first-order valence-electron chi connectivity index (χ1n) is 10.5. The van der Waals surface area contributed by atoms with Gasteiger partial charge >= 0.3 is 0 Å². The molecule has 0 radical (unpaired) electrons. The number of hydrogen-bond acceptors (Lipinski definition) is 4. The predicted molar refractivity (Wildman–Crippen MR) is 129 cm³/mol. The highest BCUT2D eigenvalue weighted by Gasteiger charge is 2.08. The Hall–Kier alpha value is -3.31. The first-order chi connectivity index (χ1) is 15.4. The number of hydrazone groups is 1. The zero-order chi connectivity index (χ0) is 22.9. The molecule has 5 nitrogen and oxygen atoms in total. The van der Waals surface area contributed by atoms with E-state index in [-0.39, 0.29) is 12.3 Å². The van der Waals surface area contributed by atoms with E-state index in [2.05, 4.69) is 10.5 Å². The molecule has 0 bridgehead atoms. The molecule has 1 amide bonds. The van der Waals surface area contributed by atoms with Crippen LogP contribution in [-0.2, 0) is 17.8 Å². The molecule has 0 saturated heterocycles. The number of carbonyl (C=O) groups is 1. The Morgan fingerprint density at radius 2 is 1.78 bits per heavy atom. The van der Waals surface area contributed by atoms with Gasteiger partial charge in [-0.3, -0.25) is 4.79 Å². The van der Waals surface area contributed by atoms with Gasteiger partial charge in [-0.1, -0.05) is 47.5 Å². The number of rotatable bonds is 9. The van der Waals surface area contributed by atoms with Gasteiger partial charge in [0, 0.05) is 5.02 Å². The fraction of sp³-hybridized carbons (Fsp3) is 0.231. The summed E-state index contributed by atoms with van der Waals surface area (Å²) >= 11 is 5.93. The largest absolute Gasteiger partial charge is 0.490 e. The molecule has 0 aliphatic heterocycles. The summed E-state index contributed by atoms with van der Waals surface area (Å²) in [6.45, 7) is 6.83. The summed E-state index contributed by atoms with van der Waals surface area (Å²) in [7, 11) is 0. The Bertz CT molecular complexity index is 1090. The van der Waals surface area contributed by atoms with Crippen LogP contribution in [0, 0.1) is 13.8 Å². The highest BCUT2D eigenvalue weighted by atomic mass is 35.5. The molecule has 0 aliphatic carbocycles. The molecule has 32 heavy (non-hydrogen) atoms. The Morgan fingerprint density at radius 1 is 1.00 bits per heavy atom. The number of amides is 1. The molecule has 0 heterocycles. The van der Waals surface area contributed by atoms with Crippen molar-refractivity contribution in [3.8, 4) is 11.5 Å². The minimum absolute atomic E-state index is 0.164. The van der Waals surface area contributed by atoms with Gasteiger partial charge in [-0.15, -0.1) is 0 Å². The van der Waals surface area contributed by atoms with E-state index in [9.17, 15) is 4.79 Å². The van der Waals surface area contributed by atoms with Gasteiger partial charge in [0.25, 0.3) is 0 Å². The van der Waals surface area contributed by atoms with Crippen molar-refractivity contribution in [2.24, 2.45) is 5.10 Å². The molecular weight excluding hydrogens is 424 g/mol. The number of carbonyl (C=O) groups excluding carboxylic acids is 1. The summed E-state index contributed by atoms with van der Waals surface area (Å²) in [5, 5.41) is 4.78. The SMILES string of the molecule is CCOc1cc(/C=N/NC(=O)Cc2cc(C)ccc2C)ccc1OCc1ccc(Cl)cc1. The summed E-state index contributed by atoms with van der Waals surface area (Å²) in [5.74, 6) is 1.09. The molecule has 0 fully saturated rings. The number of ether oxygens (including phenoxy) is 2. The van der Waals surface area contributed by atoms with Gasteiger partial charge in [-0.05, 0) is 73.4 Å². The molecule has 0 aromatic heterocycles. The number of nitrogens with zero attached hydrogens (tertiary/aromatic N) is 1. The van der Waals surface area contributed by atoms with E-state index in [0.29, 0.717) is 29.7 Å². The summed E-state index contributed by atoms with van der Waals surface area (Å²) in [4.78, 5) is 12.3. The van der Waals surface area contributed by atoms with E-state index in [0.717, 1.165) is 27.8 Å². The normalized spacial score (nSPS) is 10.9. The van der Waals surface area contributed by atoms with E-state index in [1.807, 2.05) is 81.4 Å². The molecular formula is C26H27ClN2O3. The van der Waals surface area contributed by atoms with Crippen LogP contribution in [-0.4, -0.2) is 18.7 Å². The maximum Gasteiger partial charge on any atom is 0.244 e. The second-order valence-corrected chi connectivity index (χ2v) is 7.89. The zero-order valence-corrected chi connectivity index (χ0v) is 19.3. The molecule has 0 spiro atoms. The Balaban J connectivity index is 1.61. The van der Waals surface area contributed by atoms with Gasteiger partial charge in [0.05, 0.1) is 19.2 Å². The van der Waals surface area contributed by atoms with Crippen LogP contribution < -0.4 is 14.9 Å². The third kappa shape index (κ3) is 6.86. The molecule has 3 aromatic rings. The molecule has 1 N–H and O–H groups in total. The van der Waals surface area contributed by atoms with E-state index in [4.69, 9.17) is 21.1 Å². The summed E-state index contributed by atoms with van der Waals surface area (Å²) in [6.07, 6.45) is 1.87. The summed E-state index contributed by atoms with van der Waals surface area (Å²) in [6, 6.07) is 19.1. The van der Waals surface area contributed by atoms with E-state index in [1.54, 1.807) is 6.21 Å². The molecule has 0 atom stereocenters. The number of nitrogens with one attached hydrogen (secondary N) is 1. The second kappa shape index (κ2) is 11.3. The molecule has 3 aromatic carbocycles. The lowest BCUT2D eigenvalue weighted by atomic mass is 10.0. The summed E-state index contributed by atoms with van der Waals surface area (Å²) < 4.78 is 11.6. The fourth-order valence-corrected chi connectivity index (χ4v) is 3.24. The lowest BCUT2D eigenvalue weighted by molar-refractivity contribution is -0.120. The molecule has 3 rings (SSSR count). The van der Waals surface area contributed by atoms with Gasteiger partial charge in [0.1, 0.15) is 6.61 Å². The highest BCUT2D eigenvalue weighted by Crippen LogP contribution is 2.29. The van der Waals surface area contributed by atoms with Gasteiger partial charge in [-0.25, -0.2) is 5.43 Å². The van der Waals surface area contributed by atoms with Crippen molar-refractivity contribution in [3.63, 3.8) is 0 Å². The van der Waals surface area contributed by atoms with Gasteiger partial charge in [0.15, 0.2) is 11.5 Å². The maximum absolute atomic E-state index is 12.3. The van der Waals surface area contributed by atoms with Crippen molar-refractivity contribution in [1.29, 1.82) is 0 Å². The maximum atomic E-state index is 12.3. The third-order valence-electron chi connectivity index (χ3n) is 4.83. The lowest BCUT2D eigenvalue weighted by Gasteiger charge is -2.12. The smallest absolute Gasteiger partial charge is 0.244 e. The van der Waals surface area contributed by atoms with Crippen molar-refractivity contribution in [2.45, 2.75) is 33.8 Å². The minimum atomic E-state index is -0.164. The number of halogens is 1.